The summed E-state index contributed by atoms with van der Waals surface area (Å²) < 4.78 is 5.35. The van der Waals surface area contributed by atoms with E-state index in [2.05, 4.69) is 9.88 Å². The number of aromatic nitrogens is 1. The van der Waals surface area contributed by atoms with Crippen molar-refractivity contribution >= 4 is 11.6 Å². The molecule has 0 N–H and O–H groups in total. The minimum Gasteiger partial charge on any atom is -0.378 e. The Balaban J connectivity index is 1.86. The van der Waals surface area contributed by atoms with Crippen LogP contribution in [0.2, 0.25) is 0 Å². The molecule has 2 heterocycles. The molecule has 0 spiro atoms. The molecule has 0 radical (unpaired) electrons. The molecule has 4 heteroatoms. The second kappa shape index (κ2) is 6.06. The molecular formula is C17H18N2O2. The van der Waals surface area contributed by atoms with Gasteiger partial charge in [-0.25, -0.2) is 4.98 Å². The third-order valence-electron chi connectivity index (χ3n) is 3.71. The fourth-order valence-corrected chi connectivity index (χ4v) is 2.49. The fraction of sp³-hybridized carbons (Fsp3) is 0.294. The summed E-state index contributed by atoms with van der Waals surface area (Å²) in [4.78, 5) is 19.1. The van der Waals surface area contributed by atoms with Crippen molar-refractivity contribution in [2.24, 2.45) is 0 Å². The quantitative estimate of drug-likeness (QED) is 0.811. The van der Waals surface area contributed by atoms with E-state index in [9.17, 15) is 4.79 Å². The van der Waals surface area contributed by atoms with Crippen molar-refractivity contribution in [1.29, 1.82) is 0 Å². The molecule has 0 unspecified atom stereocenters. The highest BCUT2D eigenvalue weighted by molar-refractivity contribution is 6.09. The van der Waals surface area contributed by atoms with Gasteiger partial charge in [0.25, 0.3) is 0 Å². The molecule has 1 aromatic carbocycles. The van der Waals surface area contributed by atoms with Gasteiger partial charge in [0, 0.05) is 30.4 Å². The van der Waals surface area contributed by atoms with Gasteiger partial charge in [0.1, 0.15) is 5.82 Å². The standard InChI is InChI=1S/C17H18N2O2/c1-13-11-16(19-7-9-21-10-8-19)18-12-15(13)17(20)14-5-3-2-4-6-14/h2-6,11-12H,7-10H2,1H3. The summed E-state index contributed by atoms with van der Waals surface area (Å²) in [7, 11) is 0. The van der Waals surface area contributed by atoms with Crippen LogP contribution in [0.5, 0.6) is 0 Å². The van der Waals surface area contributed by atoms with Crippen LogP contribution < -0.4 is 4.90 Å². The Kier molecular flexibility index (Phi) is 3.97. The minimum atomic E-state index is 0.0223. The Hall–Kier alpha value is -2.20. The maximum absolute atomic E-state index is 12.5. The molecule has 4 nitrogen and oxygen atoms in total. The number of carbonyl (C=O) groups excluding carboxylic acids is 1. The van der Waals surface area contributed by atoms with Gasteiger partial charge in [0.2, 0.25) is 0 Å². The number of pyridine rings is 1. The van der Waals surface area contributed by atoms with Gasteiger partial charge in [-0.2, -0.15) is 0 Å². The highest BCUT2D eigenvalue weighted by Gasteiger charge is 2.16. The van der Waals surface area contributed by atoms with Crippen LogP contribution in [0.1, 0.15) is 21.5 Å². The van der Waals surface area contributed by atoms with E-state index in [1.54, 1.807) is 6.20 Å². The third-order valence-corrected chi connectivity index (χ3v) is 3.71. The first-order chi connectivity index (χ1) is 10.3. The van der Waals surface area contributed by atoms with E-state index < -0.39 is 0 Å². The van der Waals surface area contributed by atoms with Crippen molar-refractivity contribution in [3.05, 3.63) is 59.3 Å². The maximum atomic E-state index is 12.5. The summed E-state index contributed by atoms with van der Waals surface area (Å²) in [5.41, 5.74) is 2.32. The van der Waals surface area contributed by atoms with Crippen molar-refractivity contribution in [2.75, 3.05) is 31.2 Å². The molecule has 1 aliphatic rings. The molecule has 1 aliphatic heterocycles. The lowest BCUT2D eigenvalue weighted by molar-refractivity contribution is 0.103. The number of aryl methyl sites for hydroxylation is 1. The van der Waals surface area contributed by atoms with E-state index in [0.717, 1.165) is 37.7 Å². The lowest BCUT2D eigenvalue weighted by Crippen LogP contribution is -2.36. The van der Waals surface area contributed by atoms with Gasteiger partial charge in [0.05, 0.1) is 13.2 Å². The van der Waals surface area contributed by atoms with Gasteiger partial charge < -0.3 is 9.64 Å². The van der Waals surface area contributed by atoms with Gasteiger partial charge in [-0.05, 0) is 18.6 Å². The predicted octanol–water partition coefficient (Wildman–Crippen LogP) is 2.46. The van der Waals surface area contributed by atoms with E-state index in [1.807, 2.05) is 43.3 Å². The number of hydrogen-bond donors (Lipinski definition) is 0. The summed E-state index contributed by atoms with van der Waals surface area (Å²) in [5, 5.41) is 0. The maximum Gasteiger partial charge on any atom is 0.194 e. The first-order valence-corrected chi connectivity index (χ1v) is 7.15. The van der Waals surface area contributed by atoms with E-state index in [1.165, 1.54) is 0 Å². The van der Waals surface area contributed by atoms with E-state index >= 15 is 0 Å². The Labute approximate surface area is 124 Å². The molecule has 1 saturated heterocycles. The number of hydrogen-bond acceptors (Lipinski definition) is 4. The zero-order chi connectivity index (χ0) is 14.7. The van der Waals surface area contributed by atoms with Crippen molar-refractivity contribution in [3.8, 4) is 0 Å². The molecular weight excluding hydrogens is 264 g/mol. The molecule has 0 aliphatic carbocycles. The predicted molar refractivity (Wildman–Crippen MR) is 81.9 cm³/mol. The third kappa shape index (κ3) is 2.95. The average molecular weight is 282 g/mol. The molecule has 0 atom stereocenters. The first kappa shape index (κ1) is 13.8. The van der Waals surface area contributed by atoms with Crippen LogP contribution >= 0.6 is 0 Å². The van der Waals surface area contributed by atoms with Crippen LogP contribution in [0.3, 0.4) is 0 Å². The smallest absolute Gasteiger partial charge is 0.194 e. The molecule has 0 amide bonds. The van der Waals surface area contributed by atoms with Crippen molar-refractivity contribution in [1.82, 2.24) is 4.98 Å². The highest BCUT2D eigenvalue weighted by Crippen LogP contribution is 2.19. The largest absolute Gasteiger partial charge is 0.378 e. The van der Waals surface area contributed by atoms with Crippen molar-refractivity contribution in [2.45, 2.75) is 6.92 Å². The Morgan fingerprint density at radius 1 is 1.19 bits per heavy atom. The molecule has 0 bridgehead atoms. The van der Waals surface area contributed by atoms with Gasteiger partial charge in [-0.1, -0.05) is 30.3 Å². The molecule has 0 saturated carbocycles. The van der Waals surface area contributed by atoms with Crippen LogP contribution in [0.4, 0.5) is 5.82 Å². The van der Waals surface area contributed by atoms with Crippen molar-refractivity contribution < 1.29 is 9.53 Å². The highest BCUT2D eigenvalue weighted by atomic mass is 16.5. The zero-order valence-electron chi connectivity index (χ0n) is 12.1. The van der Waals surface area contributed by atoms with Gasteiger partial charge >= 0.3 is 0 Å². The Morgan fingerprint density at radius 2 is 1.90 bits per heavy atom. The van der Waals surface area contributed by atoms with Crippen molar-refractivity contribution in [3.63, 3.8) is 0 Å². The summed E-state index contributed by atoms with van der Waals surface area (Å²) in [6.45, 7) is 5.11. The van der Waals surface area contributed by atoms with Crippen LogP contribution in [-0.2, 0) is 4.74 Å². The fourth-order valence-electron chi connectivity index (χ4n) is 2.49. The Morgan fingerprint density at radius 3 is 2.57 bits per heavy atom. The summed E-state index contributed by atoms with van der Waals surface area (Å²) in [6, 6.07) is 11.3. The number of nitrogens with zero attached hydrogens (tertiary/aromatic N) is 2. The lowest BCUT2D eigenvalue weighted by atomic mass is 10.0. The second-order valence-corrected chi connectivity index (χ2v) is 5.15. The SMILES string of the molecule is Cc1cc(N2CCOCC2)ncc1C(=O)c1ccccc1. The number of carbonyl (C=O) groups is 1. The second-order valence-electron chi connectivity index (χ2n) is 5.15. The molecule has 108 valence electrons. The van der Waals surface area contributed by atoms with Crippen LogP contribution in [0.25, 0.3) is 0 Å². The molecule has 3 rings (SSSR count). The van der Waals surface area contributed by atoms with E-state index in [0.29, 0.717) is 11.1 Å². The molecule has 1 aromatic heterocycles. The van der Waals surface area contributed by atoms with Gasteiger partial charge in [-0.3, -0.25) is 4.79 Å². The van der Waals surface area contributed by atoms with Crippen LogP contribution in [0.15, 0.2) is 42.6 Å². The normalized spacial score (nSPS) is 15.0. The number of morpholine rings is 1. The number of ether oxygens (including phenoxy) is 1. The topological polar surface area (TPSA) is 42.4 Å². The van der Waals surface area contributed by atoms with Crippen LogP contribution in [-0.4, -0.2) is 37.1 Å². The van der Waals surface area contributed by atoms with E-state index in [4.69, 9.17) is 4.74 Å². The summed E-state index contributed by atoms with van der Waals surface area (Å²) in [5.74, 6) is 0.939. The van der Waals surface area contributed by atoms with Gasteiger partial charge in [-0.15, -0.1) is 0 Å². The molecule has 21 heavy (non-hydrogen) atoms. The number of anilines is 1. The number of ketones is 1. The average Bonchev–Trinajstić information content (AvgIpc) is 2.56. The van der Waals surface area contributed by atoms with Gasteiger partial charge in [0.15, 0.2) is 5.78 Å². The first-order valence-electron chi connectivity index (χ1n) is 7.15. The zero-order valence-corrected chi connectivity index (χ0v) is 12.1. The Bertz CT molecular complexity index is 634. The molecule has 2 aromatic rings. The van der Waals surface area contributed by atoms with E-state index in [-0.39, 0.29) is 5.78 Å². The number of rotatable bonds is 3. The monoisotopic (exact) mass is 282 g/mol. The summed E-state index contributed by atoms with van der Waals surface area (Å²) >= 11 is 0. The van der Waals surface area contributed by atoms with Crippen LogP contribution in [0, 0.1) is 6.92 Å². The lowest BCUT2D eigenvalue weighted by Gasteiger charge is -2.28. The number of benzene rings is 1. The molecule has 1 fully saturated rings. The summed E-state index contributed by atoms with van der Waals surface area (Å²) in [6.07, 6.45) is 1.69. The minimum absolute atomic E-state index is 0.0223.